The number of aromatic nitrogens is 2. The van der Waals surface area contributed by atoms with Gasteiger partial charge in [0.1, 0.15) is 0 Å². The zero-order valence-electron chi connectivity index (χ0n) is 21.4. The number of carbonyl (C=O) groups is 1. The van der Waals surface area contributed by atoms with Crippen LogP contribution in [0.3, 0.4) is 0 Å². The molecule has 190 valence electrons. The van der Waals surface area contributed by atoms with E-state index in [1.165, 1.54) is 0 Å². The van der Waals surface area contributed by atoms with Crippen molar-refractivity contribution in [1.82, 2.24) is 19.8 Å². The fourth-order valence-electron chi connectivity index (χ4n) is 6.83. The Morgan fingerprint density at radius 1 is 1.31 bits per heavy atom. The van der Waals surface area contributed by atoms with Crippen molar-refractivity contribution in [2.75, 3.05) is 19.6 Å². The average molecular weight is 482 g/mol. The molecule has 1 aliphatic heterocycles. The SMILES string of the molecule is CC(C)(C)C1N(C(=O)O)CCC1(C)CNC[C@]1(O)CCC[C@H](Cn2cnc3ccc(C#N)cc32)C1. The molecule has 2 heterocycles. The summed E-state index contributed by atoms with van der Waals surface area (Å²) in [6, 6.07) is 7.67. The van der Waals surface area contributed by atoms with Gasteiger partial charge in [0.25, 0.3) is 0 Å². The van der Waals surface area contributed by atoms with Crippen LogP contribution in [0.5, 0.6) is 0 Å². The van der Waals surface area contributed by atoms with Gasteiger partial charge in [0.05, 0.1) is 34.6 Å². The molecular weight excluding hydrogens is 442 g/mol. The van der Waals surface area contributed by atoms with Crippen molar-refractivity contribution in [2.45, 2.75) is 78.0 Å². The molecule has 3 N–H and O–H groups in total. The predicted octanol–water partition coefficient (Wildman–Crippen LogP) is 4.22. The molecule has 1 saturated heterocycles. The number of rotatable bonds is 6. The van der Waals surface area contributed by atoms with Crippen LogP contribution in [-0.4, -0.2) is 62.0 Å². The molecule has 1 aromatic heterocycles. The Balaban J connectivity index is 1.39. The molecule has 35 heavy (non-hydrogen) atoms. The number of likely N-dealkylation sites (tertiary alicyclic amines) is 1. The number of amides is 1. The Bertz CT molecular complexity index is 1120. The van der Waals surface area contributed by atoms with Gasteiger partial charge in [-0.3, -0.25) is 0 Å². The number of carboxylic acid groups (broad SMARTS) is 1. The van der Waals surface area contributed by atoms with Crippen molar-refractivity contribution >= 4 is 17.1 Å². The van der Waals surface area contributed by atoms with E-state index in [1.54, 1.807) is 11.0 Å². The summed E-state index contributed by atoms with van der Waals surface area (Å²) < 4.78 is 2.11. The number of fused-ring (bicyclic) bond motifs is 1. The molecule has 0 spiro atoms. The van der Waals surface area contributed by atoms with Crippen LogP contribution in [0, 0.1) is 28.1 Å². The van der Waals surface area contributed by atoms with Crippen molar-refractivity contribution < 1.29 is 15.0 Å². The van der Waals surface area contributed by atoms with Gasteiger partial charge in [-0.25, -0.2) is 9.78 Å². The number of hydrogen-bond donors (Lipinski definition) is 3. The topological polar surface area (TPSA) is 114 Å². The number of benzene rings is 1. The summed E-state index contributed by atoms with van der Waals surface area (Å²) in [6.07, 6.45) is 5.29. The van der Waals surface area contributed by atoms with Crippen LogP contribution in [0.2, 0.25) is 0 Å². The Labute approximate surface area is 207 Å². The standard InChI is InChI=1S/C27H39N5O3/c1-25(2,3)23-26(4,10-11-32(23)24(33)34)16-29-17-27(35)9-5-6-20(13-27)15-31-18-30-21-8-7-19(14-28)12-22(21)31/h7-8,12,18,20,23,29,35H,5-6,9-11,13,15-17H2,1-4H3,(H,33,34)/t20-,23?,26?,27-/m0/s1. The highest BCUT2D eigenvalue weighted by Crippen LogP contribution is 2.45. The number of nitriles is 1. The Kier molecular flexibility index (Phi) is 6.87. The molecule has 1 aliphatic carbocycles. The van der Waals surface area contributed by atoms with Crippen LogP contribution < -0.4 is 5.32 Å². The highest BCUT2D eigenvalue weighted by Gasteiger charge is 2.51. The summed E-state index contributed by atoms with van der Waals surface area (Å²) in [5.74, 6) is 0.325. The highest BCUT2D eigenvalue weighted by molar-refractivity contribution is 5.77. The summed E-state index contributed by atoms with van der Waals surface area (Å²) in [5.41, 5.74) is 1.33. The first kappa shape index (κ1) is 25.5. The molecule has 0 bridgehead atoms. The maximum absolute atomic E-state index is 11.8. The van der Waals surface area contributed by atoms with Gasteiger partial charge in [-0.2, -0.15) is 5.26 Å². The lowest BCUT2D eigenvalue weighted by Crippen LogP contribution is -2.54. The monoisotopic (exact) mass is 481 g/mol. The lowest BCUT2D eigenvalue weighted by molar-refractivity contribution is -0.0209. The normalized spacial score (nSPS) is 29.4. The van der Waals surface area contributed by atoms with E-state index in [4.69, 9.17) is 0 Å². The van der Waals surface area contributed by atoms with Gasteiger partial charge in [0.2, 0.25) is 0 Å². The zero-order valence-corrected chi connectivity index (χ0v) is 21.4. The van der Waals surface area contributed by atoms with E-state index in [1.807, 2.05) is 18.5 Å². The molecule has 4 atom stereocenters. The van der Waals surface area contributed by atoms with Crippen molar-refractivity contribution in [1.29, 1.82) is 5.26 Å². The first-order chi connectivity index (χ1) is 16.4. The van der Waals surface area contributed by atoms with Gasteiger partial charge in [-0.05, 0) is 55.2 Å². The van der Waals surface area contributed by atoms with Crippen molar-refractivity contribution in [3.05, 3.63) is 30.1 Å². The number of nitrogens with zero attached hydrogens (tertiary/aromatic N) is 4. The first-order valence-corrected chi connectivity index (χ1v) is 12.7. The largest absolute Gasteiger partial charge is 0.465 e. The van der Waals surface area contributed by atoms with Gasteiger partial charge in [0, 0.05) is 37.6 Å². The Hall–Kier alpha value is -2.63. The zero-order chi connectivity index (χ0) is 25.4. The van der Waals surface area contributed by atoms with E-state index in [2.05, 4.69) is 48.6 Å². The van der Waals surface area contributed by atoms with E-state index in [9.17, 15) is 20.3 Å². The maximum Gasteiger partial charge on any atom is 0.407 e. The molecular formula is C27H39N5O3. The Morgan fingerprint density at radius 3 is 2.77 bits per heavy atom. The molecule has 0 radical (unpaired) electrons. The molecule has 2 aromatic rings. The molecule has 1 aromatic carbocycles. The van der Waals surface area contributed by atoms with Gasteiger partial charge < -0.3 is 25.0 Å². The fourth-order valence-corrected chi connectivity index (χ4v) is 6.83. The minimum Gasteiger partial charge on any atom is -0.465 e. The molecule has 8 nitrogen and oxygen atoms in total. The van der Waals surface area contributed by atoms with Crippen LogP contribution in [0.1, 0.15) is 65.4 Å². The average Bonchev–Trinajstić information content (AvgIpc) is 3.34. The van der Waals surface area contributed by atoms with Gasteiger partial charge >= 0.3 is 6.09 Å². The number of aliphatic hydroxyl groups is 1. The smallest absolute Gasteiger partial charge is 0.407 e. The number of hydrogen-bond acceptors (Lipinski definition) is 5. The van der Waals surface area contributed by atoms with E-state index < -0.39 is 11.7 Å². The third kappa shape index (κ3) is 5.31. The van der Waals surface area contributed by atoms with Crippen LogP contribution in [-0.2, 0) is 6.54 Å². The minimum absolute atomic E-state index is 0.0819. The highest BCUT2D eigenvalue weighted by atomic mass is 16.4. The van der Waals surface area contributed by atoms with E-state index in [0.29, 0.717) is 37.5 Å². The summed E-state index contributed by atoms with van der Waals surface area (Å²) in [5, 5.41) is 34.0. The van der Waals surface area contributed by atoms with Crippen LogP contribution in [0.25, 0.3) is 11.0 Å². The summed E-state index contributed by atoms with van der Waals surface area (Å²) in [4.78, 5) is 17.9. The fraction of sp³-hybridized carbons (Fsp3) is 0.667. The van der Waals surface area contributed by atoms with Crippen molar-refractivity contribution in [2.24, 2.45) is 16.7 Å². The number of imidazole rings is 1. The summed E-state index contributed by atoms with van der Waals surface area (Å²) in [6.45, 7) is 11.0. The van der Waals surface area contributed by atoms with E-state index in [0.717, 1.165) is 43.3 Å². The van der Waals surface area contributed by atoms with E-state index >= 15 is 0 Å². The molecule has 4 rings (SSSR count). The molecule has 8 heteroatoms. The lowest BCUT2D eigenvalue weighted by atomic mass is 9.70. The Morgan fingerprint density at radius 2 is 2.09 bits per heavy atom. The molecule has 2 fully saturated rings. The third-order valence-electron chi connectivity index (χ3n) is 8.07. The lowest BCUT2D eigenvalue weighted by Gasteiger charge is -2.44. The third-order valence-corrected chi connectivity index (χ3v) is 8.07. The summed E-state index contributed by atoms with van der Waals surface area (Å²) >= 11 is 0. The van der Waals surface area contributed by atoms with Crippen molar-refractivity contribution in [3.8, 4) is 6.07 Å². The van der Waals surface area contributed by atoms with Gasteiger partial charge in [-0.15, -0.1) is 0 Å². The van der Waals surface area contributed by atoms with Gasteiger partial charge in [0.15, 0.2) is 0 Å². The van der Waals surface area contributed by atoms with Crippen LogP contribution in [0.4, 0.5) is 4.79 Å². The van der Waals surface area contributed by atoms with Crippen molar-refractivity contribution in [3.63, 3.8) is 0 Å². The molecule has 1 amide bonds. The minimum atomic E-state index is -0.851. The first-order valence-electron chi connectivity index (χ1n) is 12.7. The number of nitrogens with one attached hydrogen (secondary N) is 1. The second kappa shape index (κ2) is 9.44. The quantitative estimate of drug-likeness (QED) is 0.569. The van der Waals surface area contributed by atoms with Crippen LogP contribution in [0.15, 0.2) is 24.5 Å². The summed E-state index contributed by atoms with van der Waals surface area (Å²) in [7, 11) is 0. The molecule has 2 aliphatic rings. The second-order valence-electron chi connectivity index (χ2n) is 12.2. The molecule has 1 saturated carbocycles. The second-order valence-corrected chi connectivity index (χ2v) is 12.2. The molecule has 2 unspecified atom stereocenters. The predicted molar refractivity (Wildman–Crippen MR) is 135 cm³/mol. The van der Waals surface area contributed by atoms with Crippen LogP contribution >= 0.6 is 0 Å². The van der Waals surface area contributed by atoms with E-state index in [-0.39, 0.29) is 16.9 Å². The maximum atomic E-state index is 11.8. The van der Waals surface area contributed by atoms with Gasteiger partial charge in [-0.1, -0.05) is 34.1 Å².